The molecule has 164 valence electrons. The molecule has 1 amide bonds. The van der Waals surface area contributed by atoms with E-state index in [1.165, 1.54) is 0 Å². The van der Waals surface area contributed by atoms with Crippen molar-refractivity contribution in [1.29, 1.82) is 0 Å². The maximum Gasteiger partial charge on any atom is 0.222 e. The van der Waals surface area contributed by atoms with Gasteiger partial charge in [-0.25, -0.2) is 4.99 Å². The molecule has 1 aliphatic rings. The molecule has 0 N–H and O–H groups in total. The van der Waals surface area contributed by atoms with Crippen molar-refractivity contribution in [2.24, 2.45) is 4.99 Å². The summed E-state index contributed by atoms with van der Waals surface area (Å²) >= 11 is 3.55. The van der Waals surface area contributed by atoms with Gasteiger partial charge in [-0.3, -0.25) is 4.79 Å². The van der Waals surface area contributed by atoms with E-state index < -0.39 is 5.54 Å². The summed E-state index contributed by atoms with van der Waals surface area (Å²) in [6.07, 6.45) is 2.64. The van der Waals surface area contributed by atoms with Gasteiger partial charge in [0, 0.05) is 49.9 Å². The van der Waals surface area contributed by atoms with Gasteiger partial charge in [-0.05, 0) is 36.6 Å². The van der Waals surface area contributed by atoms with Crippen LogP contribution in [0.25, 0.3) is 0 Å². The Hall–Kier alpha value is -2.44. The number of benzene rings is 2. The Balaban J connectivity index is 2.06. The van der Waals surface area contributed by atoms with Crippen molar-refractivity contribution in [2.75, 3.05) is 33.9 Å². The van der Waals surface area contributed by atoms with E-state index in [0.717, 1.165) is 27.0 Å². The first-order valence-corrected chi connectivity index (χ1v) is 11.3. The second-order valence-corrected chi connectivity index (χ2v) is 8.49. The molecule has 5 nitrogen and oxygen atoms in total. The van der Waals surface area contributed by atoms with Crippen LogP contribution in [0.3, 0.4) is 0 Å². The van der Waals surface area contributed by atoms with Gasteiger partial charge in [0.2, 0.25) is 5.91 Å². The maximum atomic E-state index is 13.1. The normalized spacial score (nSPS) is 18.8. The van der Waals surface area contributed by atoms with Gasteiger partial charge in [0.25, 0.3) is 0 Å². The van der Waals surface area contributed by atoms with Crippen molar-refractivity contribution in [3.63, 3.8) is 0 Å². The fraction of sp³-hybridized carbons (Fsp3) is 0.360. The number of amides is 1. The highest BCUT2D eigenvalue weighted by atomic mass is 79.9. The molecule has 2 aromatic rings. The number of methoxy groups -OCH3 is 1. The highest BCUT2D eigenvalue weighted by Gasteiger charge is 2.47. The first kappa shape index (κ1) is 23.2. The molecule has 1 aliphatic heterocycles. The average Bonchev–Trinajstić information content (AvgIpc) is 3.02. The van der Waals surface area contributed by atoms with Gasteiger partial charge in [0.15, 0.2) is 0 Å². The van der Waals surface area contributed by atoms with Gasteiger partial charge >= 0.3 is 0 Å². The van der Waals surface area contributed by atoms with Gasteiger partial charge in [0.1, 0.15) is 5.84 Å². The minimum atomic E-state index is -0.491. The summed E-state index contributed by atoms with van der Waals surface area (Å²) in [5, 5.41) is 0. The molecule has 0 spiro atoms. The zero-order valence-electron chi connectivity index (χ0n) is 18.5. The van der Waals surface area contributed by atoms with Gasteiger partial charge in [-0.2, -0.15) is 0 Å². The number of carbonyl (C=O) groups is 1. The number of hydrogen-bond donors (Lipinski definition) is 0. The van der Waals surface area contributed by atoms with Gasteiger partial charge < -0.3 is 14.5 Å². The summed E-state index contributed by atoms with van der Waals surface area (Å²) in [4.78, 5) is 21.7. The molecule has 0 bridgehead atoms. The molecular formula is C25H30BrN3O2. The summed E-state index contributed by atoms with van der Waals surface area (Å²) < 4.78 is 6.20. The standard InChI is InChI=1S/C25H30BrN3O2/c1-5-27-24-21-9-7-8-10-22(21)25(28(24)3,19-11-13-20(26)14-12-19)16-15-23(30)29(6-2)17-18-31-4/h5,7-14H,1,6,15-18H2,2-4H3. The number of fused-ring (bicyclic) bond motifs is 1. The lowest BCUT2D eigenvalue weighted by molar-refractivity contribution is -0.132. The number of halogens is 1. The summed E-state index contributed by atoms with van der Waals surface area (Å²) in [5.41, 5.74) is 2.88. The Morgan fingerprint density at radius 3 is 2.61 bits per heavy atom. The highest BCUT2D eigenvalue weighted by Crippen LogP contribution is 2.47. The fourth-order valence-electron chi connectivity index (χ4n) is 4.45. The SMILES string of the molecule is C=CN=C1c2ccccc2C(CCC(=O)N(CC)CCOC)(c2ccc(Br)cc2)N1C. The Morgan fingerprint density at radius 2 is 1.97 bits per heavy atom. The molecule has 1 unspecified atom stereocenters. The van der Waals surface area contributed by atoms with Crippen molar-refractivity contribution in [3.8, 4) is 0 Å². The number of likely N-dealkylation sites (N-methyl/N-ethyl adjacent to an activating group) is 1. The van der Waals surface area contributed by atoms with E-state index in [1.807, 2.05) is 17.9 Å². The van der Waals surface area contributed by atoms with Crippen molar-refractivity contribution in [2.45, 2.75) is 25.3 Å². The second-order valence-electron chi connectivity index (χ2n) is 7.57. The first-order chi connectivity index (χ1) is 15.0. The number of rotatable bonds is 9. The summed E-state index contributed by atoms with van der Waals surface area (Å²) in [6.45, 7) is 7.62. The number of nitrogens with zero attached hydrogens (tertiary/aromatic N) is 3. The predicted octanol–water partition coefficient (Wildman–Crippen LogP) is 4.80. The molecular weight excluding hydrogens is 454 g/mol. The summed E-state index contributed by atoms with van der Waals surface area (Å²) in [5.74, 6) is 1.00. The van der Waals surface area contributed by atoms with Crippen LogP contribution in [0.1, 0.15) is 36.5 Å². The van der Waals surface area contributed by atoms with Gasteiger partial charge in [-0.1, -0.05) is 58.9 Å². The lowest BCUT2D eigenvalue weighted by Crippen LogP contribution is -2.44. The topological polar surface area (TPSA) is 45.1 Å². The van der Waals surface area contributed by atoms with Crippen molar-refractivity contribution in [1.82, 2.24) is 9.80 Å². The van der Waals surface area contributed by atoms with E-state index in [9.17, 15) is 4.79 Å². The lowest BCUT2D eigenvalue weighted by atomic mass is 9.79. The molecule has 0 saturated carbocycles. The molecule has 0 aromatic heterocycles. The molecule has 3 rings (SSSR count). The van der Waals surface area contributed by atoms with Crippen LogP contribution in [-0.4, -0.2) is 55.4 Å². The van der Waals surface area contributed by atoms with E-state index in [4.69, 9.17) is 4.74 Å². The fourth-order valence-corrected chi connectivity index (χ4v) is 4.72. The van der Waals surface area contributed by atoms with Gasteiger partial charge in [-0.15, -0.1) is 0 Å². The Bertz CT molecular complexity index is 957. The van der Waals surface area contributed by atoms with Gasteiger partial charge in [0.05, 0.1) is 12.1 Å². The Kier molecular flexibility index (Phi) is 7.68. The monoisotopic (exact) mass is 483 g/mol. The smallest absolute Gasteiger partial charge is 0.222 e. The third kappa shape index (κ3) is 4.46. The van der Waals surface area contributed by atoms with Crippen LogP contribution in [0.15, 0.2) is 70.8 Å². The second kappa shape index (κ2) is 10.2. The van der Waals surface area contributed by atoms with E-state index in [0.29, 0.717) is 32.5 Å². The molecule has 2 aromatic carbocycles. The van der Waals surface area contributed by atoms with Crippen LogP contribution >= 0.6 is 15.9 Å². The molecule has 0 saturated heterocycles. The lowest BCUT2D eigenvalue weighted by Gasteiger charge is -2.39. The number of amidine groups is 1. The molecule has 0 radical (unpaired) electrons. The van der Waals surface area contributed by atoms with E-state index in [1.54, 1.807) is 13.3 Å². The average molecular weight is 484 g/mol. The third-order valence-electron chi connectivity index (χ3n) is 6.04. The molecule has 1 atom stereocenters. The number of hydrogen-bond acceptors (Lipinski definition) is 3. The van der Waals surface area contributed by atoms with Crippen molar-refractivity contribution < 1.29 is 9.53 Å². The molecule has 1 heterocycles. The van der Waals surface area contributed by atoms with Crippen LogP contribution in [0.5, 0.6) is 0 Å². The van der Waals surface area contributed by atoms with Crippen LogP contribution < -0.4 is 0 Å². The number of carbonyl (C=O) groups excluding carboxylic acids is 1. The molecule has 0 aliphatic carbocycles. The third-order valence-corrected chi connectivity index (χ3v) is 6.57. The maximum absolute atomic E-state index is 13.1. The van der Waals surface area contributed by atoms with E-state index in [2.05, 4.69) is 81.9 Å². The van der Waals surface area contributed by atoms with Crippen LogP contribution in [-0.2, 0) is 15.1 Å². The van der Waals surface area contributed by atoms with Crippen LogP contribution in [0.4, 0.5) is 0 Å². The first-order valence-electron chi connectivity index (χ1n) is 10.5. The van der Waals surface area contributed by atoms with Crippen molar-refractivity contribution in [3.05, 3.63) is 82.5 Å². The van der Waals surface area contributed by atoms with Crippen LogP contribution in [0, 0.1) is 0 Å². The molecule has 31 heavy (non-hydrogen) atoms. The van der Waals surface area contributed by atoms with E-state index in [-0.39, 0.29) is 5.91 Å². The minimum absolute atomic E-state index is 0.135. The largest absolute Gasteiger partial charge is 0.383 e. The minimum Gasteiger partial charge on any atom is -0.383 e. The summed E-state index contributed by atoms with van der Waals surface area (Å²) in [6, 6.07) is 16.7. The van der Waals surface area contributed by atoms with E-state index >= 15 is 0 Å². The zero-order valence-corrected chi connectivity index (χ0v) is 20.1. The molecule has 0 fully saturated rings. The zero-order chi connectivity index (χ0) is 22.4. The summed E-state index contributed by atoms with van der Waals surface area (Å²) in [7, 11) is 3.71. The Labute approximate surface area is 193 Å². The highest BCUT2D eigenvalue weighted by molar-refractivity contribution is 9.10. The predicted molar refractivity (Wildman–Crippen MR) is 129 cm³/mol. The van der Waals surface area contributed by atoms with Crippen molar-refractivity contribution >= 4 is 27.7 Å². The number of ether oxygens (including phenoxy) is 1. The Morgan fingerprint density at radius 1 is 1.26 bits per heavy atom. The quantitative estimate of drug-likeness (QED) is 0.514. The molecule has 6 heteroatoms. The van der Waals surface area contributed by atoms with Crippen LogP contribution in [0.2, 0.25) is 0 Å². The number of aliphatic imine (C=N–C) groups is 1.